The molecule has 0 saturated carbocycles. The minimum Gasteiger partial charge on any atom is -0.451 e. The number of aromatic nitrogens is 2. The number of carbonyl (C=O) groups excluding carboxylic acids is 1. The predicted octanol–water partition coefficient (Wildman–Crippen LogP) is 1.91. The fraction of sp³-hybridized carbons (Fsp3) is 0.350. The maximum atomic E-state index is 13.7. The van der Waals surface area contributed by atoms with E-state index in [1.54, 1.807) is 30.3 Å². The highest BCUT2D eigenvalue weighted by Gasteiger charge is 2.36. The Morgan fingerprint density at radius 3 is 2.94 bits per heavy atom. The van der Waals surface area contributed by atoms with E-state index in [2.05, 4.69) is 16.0 Å². The first-order valence-corrected chi connectivity index (χ1v) is 12.5. The molecule has 0 radical (unpaired) electrons. The second-order valence-corrected chi connectivity index (χ2v) is 9.76. The Balaban J connectivity index is 1.67. The van der Waals surface area contributed by atoms with Gasteiger partial charge in [0.2, 0.25) is 0 Å². The quantitative estimate of drug-likeness (QED) is 0.274. The average Bonchev–Trinajstić information content (AvgIpc) is 3.28. The molecule has 14 heteroatoms. The van der Waals surface area contributed by atoms with E-state index in [0.717, 1.165) is 10.8 Å². The van der Waals surface area contributed by atoms with E-state index >= 15 is 0 Å². The molecule has 182 valence electrons. The molecule has 0 aliphatic carbocycles. The van der Waals surface area contributed by atoms with Crippen LogP contribution in [0.5, 0.6) is 5.75 Å². The fourth-order valence-electron chi connectivity index (χ4n) is 2.74. The van der Waals surface area contributed by atoms with E-state index in [-0.39, 0.29) is 24.7 Å². The van der Waals surface area contributed by atoms with Crippen LogP contribution in [0.2, 0.25) is 0 Å². The first kappa shape index (κ1) is 25.7. The lowest BCUT2D eigenvalue weighted by Crippen LogP contribution is -2.35. The van der Waals surface area contributed by atoms with Crippen LogP contribution in [-0.2, 0) is 23.4 Å². The molecule has 1 saturated heterocycles. The number of hydrogen-bond acceptors (Lipinski definition) is 10. The van der Waals surface area contributed by atoms with Gasteiger partial charge in [0, 0.05) is 5.75 Å². The van der Waals surface area contributed by atoms with Gasteiger partial charge in [-0.15, -0.1) is 18.2 Å². The Morgan fingerprint density at radius 1 is 1.50 bits per heavy atom. The summed E-state index contributed by atoms with van der Waals surface area (Å²) in [6.45, 7) is 0.919. The zero-order chi connectivity index (χ0) is 24.7. The molecule has 2 aromatic rings. The largest absolute Gasteiger partial charge is 0.459 e. The van der Waals surface area contributed by atoms with Crippen molar-refractivity contribution in [2.24, 2.45) is 0 Å². The van der Waals surface area contributed by atoms with Crippen LogP contribution >= 0.6 is 19.5 Å². The molecule has 1 aromatic carbocycles. The van der Waals surface area contributed by atoms with E-state index < -0.39 is 48.7 Å². The van der Waals surface area contributed by atoms with E-state index in [1.807, 2.05) is 0 Å². The number of rotatable bonds is 10. The molecule has 1 fully saturated rings. The van der Waals surface area contributed by atoms with Gasteiger partial charge in [-0.2, -0.15) is 10.1 Å². The molecule has 0 spiro atoms. The number of halogens is 1. The Bertz CT molecular complexity index is 1160. The van der Waals surface area contributed by atoms with Crippen molar-refractivity contribution in [3.8, 4) is 18.1 Å². The van der Waals surface area contributed by atoms with Crippen LogP contribution in [0.15, 0.2) is 41.3 Å². The molecule has 3 rings (SSSR count). The first-order chi connectivity index (χ1) is 16.2. The van der Waals surface area contributed by atoms with E-state index in [1.165, 1.54) is 18.7 Å². The highest BCUT2D eigenvalue weighted by atomic mass is 32.2. The highest BCUT2D eigenvalue weighted by Crippen LogP contribution is 2.46. The Kier molecular flexibility index (Phi) is 8.71. The summed E-state index contributed by atoms with van der Waals surface area (Å²) in [6.07, 6.45) is 5.15. The Morgan fingerprint density at radius 2 is 2.24 bits per heavy atom. The van der Waals surface area contributed by atoms with Crippen LogP contribution < -0.4 is 21.0 Å². The number of hydrogen-bond donors (Lipinski definition) is 2. The van der Waals surface area contributed by atoms with E-state index in [9.17, 15) is 18.5 Å². The minimum absolute atomic E-state index is 0.232. The second-order valence-electron chi connectivity index (χ2n) is 6.88. The van der Waals surface area contributed by atoms with Crippen molar-refractivity contribution in [3.05, 3.63) is 52.8 Å². The zero-order valence-corrected chi connectivity index (χ0v) is 19.7. The van der Waals surface area contributed by atoms with Gasteiger partial charge in [-0.25, -0.2) is 13.8 Å². The number of nitrogen functional groups attached to an aromatic ring is 1. The lowest BCUT2D eigenvalue weighted by atomic mass is 10.3. The summed E-state index contributed by atoms with van der Waals surface area (Å²) in [5, 5.41) is 2.51. The summed E-state index contributed by atoms with van der Waals surface area (Å²) in [7, 11) is -4.10. The standard InChI is InChI=1S/C20H22FN4O7PS/c1-3-9-29-19(26)13(2)24-33(28,32-14-7-5-4-6-8-14)30-11-17-31-16(12-34-17)25-10-15(21)18(22)23-20(25)27/h1,4-8,10,13,16-17H,9,11-12H2,2H3,(H,24,28)(H2,22,23,27)/t13-,16-,17+,33?/m0/s1. The van der Waals surface area contributed by atoms with Gasteiger partial charge in [0.15, 0.2) is 18.2 Å². The highest BCUT2D eigenvalue weighted by molar-refractivity contribution is 8.00. The molecule has 0 amide bonds. The second kappa shape index (κ2) is 11.5. The van der Waals surface area contributed by atoms with Crippen molar-refractivity contribution in [1.29, 1.82) is 0 Å². The number of terminal acetylenes is 1. The molecule has 11 nitrogen and oxygen atoms in total. The molecule has 2 heterocycles. The normalized spacial score (nSPS) is 20.1. The van der Waals surface area contributed by atoms with Crippen LogP contribution in [0.4, 0.5) is 10.2 Å². The van der Waals surface area contributed by atoms with Gasteiger partial charge in [0.05, 0.1) is 12.8 Å². The number of carbonyl (C=O) groups is 1. The third-order valence-electron chi connectivity index (χ3n) is 4.33. The summed E-state index contributed by atoms with van der Waals surface area (Å²) >= 11 is 1.24. The first-order valence-electron chi connectivity index (χ1n) is 9.89. The van der Waals surface area contributed by atoms with Crippen molar-refractivity contribution >= 4 is 31.3 Å². The Hall–Kier alpha value is -2.88. The summed E-state index contributed by atoms with van der Waals surface area (Å²) in [6, 6.07) is 7.13. The van der Waals surface area contributed by atoms with Crippen LogP contribution in [0.3, 0.4) is 0 Å². The number of esters is 1. The molecule has 1 aliphatic rings. The maximum absolute atomic E-state index is 13.7. The summed E-state index contributed by atoms with van der Waals surface area (Å²) in [5.41, 5.74) is 3.84. The van der Waals surface area contributed by atoms with Gasteiger partial charge in [0.25, 0.3) is 0 Å². The third-order valence-corrected chi connectivity index (χ3v) is 7.07. The smallest absolute Gasteiger partial charge is 0.451 e. The average molecular weight is 512 g/mol. The maximum Gasteiger partial charge on any atom is 0.459 e. The molecule has 1 aliphatic heterocycles. The van der Waals surface area contributed by atoms with Gasteiger partial charge in [-0.05, 0) is 19.1 Å². The lowest BCUT2D eigenvalue weighted by molar-refractivity contribution is -0.143. The minimum atomic E-state index is -4.10. The number of ether oxygens (including phenoxy) is 2. The molecule has 0 bridgehead atoms. The molecule has 1 unspecified atom stereocenters. The van der Waals surface area contributed by atoms with Crippen LogP contribution in [0.1, 0.15) is 13.2 Å². The van der Waals surface area contributed by atoms with Gasteiger partial charge < -0.3 is 19.7 Å². The van der Waals surface area contributed by atoms with Gasteiger partial charge >= 0.3 is 19.4 Å². The zero-order valence-electron chi connectivity index (χ0n) is 18.0. The number of thioether (sulfide) groups is 1. The molecule has 34 heavy (non-hydrogen) atoms. The third kappa shape index (κ3) is 6.82. The summed E-state index contributed by atoms with van der Waals surface area (Å²) in [4.78, 5) is 27.5. The topological polar surface area (TPSA) is 144 Å². The van der Waals surface area contributed by atoms with Crippen molar-refractivity contribution in [2.45, 2.75) is 24.6 Å². The number of para-hydroxylation sites is 1. The number of nitrogens with zero attached hydrogens (tertiary/aromatic N) is 2. The van der Waals surface area contributed by atoms with Crippen molar-refractivity contribution in [1.82, 2.24) is 14.6 Å². The molecular formula is C20H22FN4O7PS. The number of nitrogens with one attached hydrogen (secondary N) is 1. The van der Waals surface area contributed by atoms with Crippen molar-refractivity contribution in [2.75, 3.05) is 24.7 Å². The molecule has 4 atom stereocenters. The molecular weight excluding hydrogens is 490 g/mol. The van der Waals surface area contributed by atoms with E-state index in [0.29, 0.717) is 0 Å². The monoisotopic (exact) mass is 512 g/mol. The van der Waals surface area contributed by atoms with Crippen LogP contribution in [0, 0.1) is 18.2 Å². The number of nitrogens with two attached hydrogens (primary N) is 1. The van der Waals surface area contributed by atoms with Gasteiger partial charge in [-0.1, -0.05) is 24.1 Å². The molecule has 1 aromatic heterocycles. The summed E-state index contributed by atoms with van der Waals surface area (Å²) in [5.74, 6) is 0.553. The lowest BCUT2D eigenvalue weighted by Gasteiger charge is -2.23. The van der Waals surface area contributed by atoms with Gasteiger partial charge in [-0.3, -0.25) is 13.9 Å². The van der Waals surface area contributed by atoms with Gasteiger partial charge in [0.1, 0.15) is 23.5 Å². The summed E-state index contributed by atoms with van der Waals surface area (Å²) < 4.78 is 49.7. The Labute approximate surface area is 198 Å². The van der Waals surface area contributed by atoms with E-state index in [4.69, 9.17) is 30.7 Å². The SMILES string of the molecule is C#CCOC(=O)[C@H](C)NP(=O)(OC[C@@H]1O[C@H](n2cc(F)c(N)nc2=O)CS1)Oc1ccccc1. The van der Waals surface area contributed by atoms with Crippen LogP contribution in [-0.4, -0.2) is 46.0 Å². The number of benzene rings is 1. The van der Waals surface area contributed by atoms with Crippen molar-refractivity contribution in [3.63, 3.8) is 0 Å². The van der Waals surface area contributed by atoms with Crippen molar-refractivity contribution < 1.29 is 32.3 Å². The number of anilines is 1. The van der Waals surface area contributed by atoms with Crippen LogP contribution in [0.25, 0.3) is 0 Å². The predicted molar refractivity (Wildman–Crippen MR) is 122 cm³/mol. The molecule has 3 N–H and O–H groups in total. The fourth-order valence-corrected chi connectivity index (χ4v) is 5.32.